The summed E-state index contributed by atoms with van der Waals surface area (Å²) < 4.78 is 0.963. The van der Waals surface area contributed by atoms with E-state index >= 15 is 0 Å². The summed E-state index contributed by atoms with van der Waals surface area (Å²) >= 11 is 3.41. The van der Waals surface area contributed by atoms with Crippen LogP contribution in [0.5, 0.6) is 0 Å². The zero-order valence-corrected chi connectivity index (χ0v) is 10.7. The van der Waals surface area contributed by atoms with Crippen molar-refractivity contribution in [3.8, 4) is 0 Å². The fraction of sp³-hybridized carbons (Fsp3) is 0.500. The van der Waals surface area contributed by atoms with Gasteiger partial charge in [-0.2, -0.15) is 0 Å². The standard InChI is InChI=1S/C12H17BrN2O/c13-9-1-2-11(14)10(7-9)12(16)8-3-5-15-6-4-8/h1-2,7-8,12,15-16H,3-6,14H2. The lowest BCUT2D eigenvalue weighted by molar-refractivity contribution is 0.0895. The van der Waals surface area contributed by atoms with E-state index in [2.05, 4.69) is 21.2 Å². The van der Waals surface area contributed by atoms with E-state index in [-0.39, 0.29) is 0 Å². The first-order valence-electron chi connectivity index (χ1n) is 5.62. The molecule has 1 heterocycles. The molecule has 88 valence electrons. The number of halogens is 1. The van der Waals surface area contributed by atoms with Gasteiger partial charge < -0.3 is 16.2 Å². The van der Waals surface area contributed by atoms with Crippen LogP contribution in [0.1, 0.15) is 24.5 Å². The number of anilines is 1. The minimum absolute atomic E-state index is 0.317. The topological polar surface area (TPSA) is 58.3 Å². The Kier molecular flexibility index (Phi) is 3.84. The van der Waals surface area contributed by atoms with Crippen molar-refractivity contribution in [3.05, 3.63) is 28.2 Å². The molecule has 0 bridgehead atoms. The Hall–Kier alpha value is -0.580. The van der Waals surface area contributed by atoms with Crippen LogP contribution in [-0.4, -0.2) is 18.2 Å². The maximum atomic E-state index is 10.3. The minimum atomic E-state index is -0.445. The molecule has 2 rings (SSSR count). The zero-order chi connectivity index (χ0) is 11.5. The van der Waals surface area contributed by atoms with Crippen molar-refractivity contribution < 1.29 is 5.11 Å². The third kappa shape index (κ3) is 2.56. The molecule has 0 aliphatic carbocycles. The molecule has 1 fully saturated rings. The monoisotopic (exact) mass is 284 g/mol. The van der Waals surface area contributed by atoms with Gasteiger partial charge in [-0.05, 0) is 50.0 Å². The van der Waals surface area contributed by atoms with Crippen molar-refractivity contribution >= 4 is 21.6 Å². The van der Waals surface area contributed by atoms with Crippen LogP contribution in [0.3, 0.4) is 0 Å². The van der Waals surface area contributed by atoms with Crippen LogP contribution in [0, 0.1) is 5.92 Å². The first kappa shape index (κ1) is 11.9. The van der Waals surface area contributed by atoms with Gasteiger partial charge in [0.1, 0.15) is 0 Å². The molecule has 1 saturated heterocycles. The number of hydrogen-bond donors (Lipinski definition) is 3. The third-order valence-corrected chi connectivity index (χ3v) is 3.69. The van der Waals surface area contributed by atoms with Gasteiger partial charge in [0, 0.05) is 15.7 Å². The summed E-state index contributed by atoms with van der Waals surface area (Å²) in [6, 6.07) is 5.65. The quantitative estimate of drug-likeness (QED) is 0.729. The second-order valence-corrected chi connectivity index (χ2v) is 5.22. The molecule has 0 spiro atoms. The van der Waals surface area contributed by atoms with Gasteiger partial charge in [-0.3, -0.25) is 0 Å². The summed E-state index contributed by atoms with van der Waals surface area (Å²) in [7, 11) is 0. The van der Waals surface area contributed by atoms with Crippen molar-refractivity contribution in [3.63, 3.8) is 0 Å². The molecule has 1 aliphatic heterocycles. The van der Waals surface area contributed by atoms with Gasteiger partial charge in [-0.1, -0.05) is 15.9 Å². The smallest absolute Gasteiger partial charge is 0.0839 e. The predicted octanol–water partition coefficient (Wildman–Crippen LogP) is 2.06. The van der Waals surface area contributed by atoms with Crippen LogP contribution in [0.25, 0.3) is 0 Å². The molecule has 1 aromatic rings. The van der Waals surface area contributed by atoms with Crippen LogP contribution in [-0.2, 0) is 0 Å². The summed E-state index contributed by atoms with van der Waals surface area (Å²) in [4.78, 5) is 0. The Balaban J connectivity index is 2.18. The lowest BCUT2D eigenvalue weighted by Gasteiger charge is -2.28. The molecule has 16 heavy (non-hydrogen) atoms. The van der Waals surface area contributed by atoms with E-state index in [4.69, 9.17) is 5.73 Å². The molecule has 1 aromatic carbocycles. The van der Waals surface area contributed by atoms with E-state index in [1.54, 1.807) is 0 Å². The van der Waals surface area contributed by atoms with Crippen LogP contribution in [0.2, 0.25) is 0 Å². The molecular weight excluding hydrogens is 268 g/mol. The largest absolute Gasteiger partial charge is 0.398 e. The molecule has 0 saturated carbocycles. The van der Waals surface area contributed by atoms with Gasteiger partial charge in [-0.25, -0.2) is 0 Å². The zero-order valence-electron chi connectivity index (χ0n) is 9.12. The number of piperidine rings is 1. The average molecular weight is 285 g/mol. The number of hydrogen-bond acceptors (Lipinski definition) is 3. The minimum Gasteiger partial charge on any atom is -0.398 e. The van der Waals surface area contributed by atoms with E-state index in [0.717, 1.165) is 36.0 Å². The predicted molar refractivity (Wildman–Crippen MR) is 69.1 cm³/mol. The SMILES string of the molecule is Nc1ccc(Br)cc1C(O)C1CCNCC1. The number of nitrogens with two attached hydrogens (primary N) is 1. The van der Waals surface area contributed by atoms with E-state index in [0.29, 0.717) is 11.6 Å². The molecule has 3 nitrogen and oxygen atoms in total. The molecule has 1 atom stereocenters. The Morgan fingerprint density at radius 3 is 2.75 bits per heavy atom. The summed E-state index contributed by atoms with van der Waals surface area (Å²) in [5, 5.41) is 13.6. The first-order valence-corrected chi connectivity index (χ1v) is 6.41. The van der Waals surface area contributed by atoms with Gasteiger partial charge in [0.05, 0.1) is 6.10 Å². The molecule has 0 aromatic heterocycles. The van der Waals surface area contributed by atoms with Crippen LogP contribution in [0.15, 0.2) is 22.7 Å². The summed E-state index contributed by atoms with van der Waals surface area (Å²) in [6.07, 6.45) is 1.57. The van der Waals surface area contributed by atoms with Crippen LogP contribution >= 0.6 is 15.9 Å². The Morgan fingerprint density at radius 1 is 1.38 bits per heavy atom. The molecule has 1 aliphatic rings. The van der Waals surface area contributed by atoms with E-state index in [9.17, 15) is 5.11 Å². The van der Waals surface area contributed by atoms with Crippen molar-refractivity contribution in [1.82, 2.24) is 5.32 Å². The normalized spacial score (nSPS) is 19.6. The van der Waals surface area contributed by atoms with Gasteiger partial charge in [0.2, 0.25) is 0 Å². The molecule has 0 radical (unpaired) electrons. The lowest BCUT2D eigenvalue weighted by Crippen LogP contribution is -2.31. The lowest BCUT2D eigenvalue weighted by atomic mass is 9.87. The van der Waals surface area contributed by atoms with Gasteiger partial charge in [-0.15, -0.1) is 0 Å². The van der Waals surface area contributed by atoms with E-state index < -0.39 is 6.10 Å². The Labute approximate surface area is 104 Å². The van der Waals surface area contributed by atoms with E-state index in [1.165, 1.54) is 0 Å². The Bertz CT molecular complexity index is 364. The maximum absolute atomic E-state index is 10.3. The fourth-order valence-corrected chi connectivity index (χ4v) is 2.59. The van der Waals surface area contributed by atoms with Gasteiger partial charge in [0.15, 0.2) is 0 Å². The second-order valence-electron chi connectivity index (χ2n) is 4.31. The van der Waals surface area contributed by atoms with Gasteiger partial charge in [0.25, 0.3) is 0 Å². The third-order valence-electron chi connectivity index (χ3n) is 3.20. The van der Waals surface area contributed by atoms with Crippen molar-refractivity contribution in [2.45, 2.75) is 18.9 Å². The average Bonchev–Trinajstić information content (AvgIpc) is 2.32. The molecule has 1 unspecified atom stereocenters. The Morgan fingerprint density at radius 2 is 2.06 bits per heavy atom. The van der Waals surface area contributed by atoms with Crippen molar-refractivity contribution in [1.29, 1.82) is 0 Å². The van der Waals surface area contributed by atoms with Crippen LogP contribution in [0.4, 0.5) is 5.69 Å². The first-order chi connectivity index (χ1) is 7.68. The number of aliphatic hydroxyl groups is 1. The summed E-state index contributed by atoms with van der Waals surface area (Å²) in [5.41, 5.74) is 7.42. The number of aliphatic hydroxyl groups excluding tert-OH is 1. The maximum Gasteiger partial charge on any atom is 0.0839 e. The highest BCUT2D eigenvalue weighted by molar-refractivity contribution is 9.10. The molecule has 4 N–H and O–H groups in total. The highest BCUT2D eigenvalue weighted by atomic mass is 79.9. The highest BCUT2D eigenvalue weighted by Crippen LogP contribution is 2.33. The number of nitrogens with one attached hydrogen (secondary N) is 1. The molecular formula is C12H17BrN2O. The highest BCUT2D eigenvalue weighted by Gasteiger charge is 2.24. The summed E-state index contributed by atoms with van der Waals surface area (Å²) in [5.74, 6) is 0.317. The number of rotatable bonds is 2. The molecule has 0 amide bonds. The second kappa shape index (κ2) is 5.17. The van der Waals surface area contributed by atoms with Crippen molar-refractivity contribution in [2.75, 3.05) is 18.8 Å². The fourth-order valence-electron chi connectivity index (χ4n) is 2.22. The summed E-state index contributed by atoms with van der Waals surface area (Å²) in [6.45, 7) is 1.96. The molecule has 4 heteroatoms. The van der Waals surface area contributed by atoms with E-state index in [1.807, 2.05) is 18.2 Å². The number of nitrogen functional groups attached to an aromatic ring is 1. The number of benzene rings is 1. The van der Waals surface area contributed by atoms with Crippen LogP contribution < -0.4 is 11.1 Å². The van der Waals surface area contributed by atoms with Gasteiger partial charge >= 0.3 is 0 Å². The van der Waals surface area contributed by atoms with Crippen molar-refractivity contribution in [2.24, 2.45) is 5.92 Å².